The molecule has 2 N–H and O–H groups in total. The summed E-state index contributed by atoms with van der Waals surface area (Å²) in [5.41, 5.74) is 1.40. The Morgan fingerprint density at radius 2 is 2.43 bits per heavy atom. The topological polar surface area (TPSA) is 32.3 Å². The molecule has 0 spiro atoms. The minimum absolute atomic E-state index is 0.113. The quantitative estimate of drug-likeness (QED) is 0.796. The van der Waals surface area contributed by atoms with Gasteiger partial charge in [-0.05, 0) is 54.6 Å². The second kappa shape index (κ2) is 4.91. The zero-order valence-electron chi connectivity index (χ0n) is 8.28. The summed E-state index contributed by atoms with van der Waals surface area (Å²) in [5.74, 6) is 0. The van der Waals surface area contributed by atoms with E-state index in [9.17, 15) is 5.11 Å². The molecule has 0 aromatic carbocycles. The summed E-state index contributed by atoms with van der Waals surface area (Å²) in [6.07, 6.45) is 4.22. The van der Waals surface area contributed by atoms with Crippen molar-refractivity contribution >= 4 is 11.3 Å². The van der Waals surface area contributed by atoms with Crippen LogP contribution >= 0.6 is 11.3 Å². The van der Waals surface area contributed by atoms with Gasteiger partial charge in [-0.1, -0.05) is 0 Å². The van der Waals surface area contributed by atoms with Crippen molar-refractivity contribution in [2.24, 2.45) is 0 Å². The minimum Gasteiger partial charge on any atom is -0.392 e. The van der Waals surface area contributed by atoms with Crippen LogP contribution in [0, 0.1) is 0 Å². The van der Waals surface area contributed by atoms with Crippen molar-refractivity contribution in [3.05, 3.63) is 22.4 Å². The van der Waals surface area contributed by atoms with E-state index in [-0.39, 0.29) is 6.10 Å². The first kappa shape index (κ1) is 10.1. The zero-order chi connectivity index (χ0) is 9.80. The molecule has 1 saturated carbocycles. The first-order valence-electron chi connectivity index (χ1n) is 5.29. The second-order valence-corrected chi connectivity index (χ2v) is 4.72. The molecule has 0 bridgehead atoms. The van der Waals surface area contributed by atoms with Crippen LogP contribution in [0.4, 0.5) is 0 Å². The van der Waals surface area contributed by atoms with Gasteiger partial charge in [-0.3, -0.25) is 0 Å². The SMILES string of the molecule is O[C@@H]1CCC[C@H]1NCCc1ccsc1. The molecule has 1 aromatic rings. The molecule has 1 aliphatic rings. The molecule has 1 aromatic heterocycles. The molecule has 0 aliphatic heterocycles. The number of aliphatic hydroxyl groups is 1. The van der Waals surface area contributed by atoms with Crippen LogP contribution in [0.3, 0.4) is 0 Å². The van der Waals surface area contributed by atoms with Gasteiger partial charge in [0.25, 0.3) is 0 Å². The highest BCUT2D eigenvalue weighted by molar-refractivity contribution is 7.07. The molecule has 0 unspecified atom stereocenters. The van der Waals surface area contributed by atoms with Crippen LogP contribution in [0.2, 0.25) is 0 Å². The van der Waals surface area contributed by atoms with Crippen molar-refractivity contribution in [1.82, 2.24) is 5.32 Å². The lowest BCUT2D eigenvalue weighted by Gasteiger charge is -2.15. The van der Waals surface area contributed by atoms with Gasteiger partial charge in [0, 0.05) is 6.04 Å². The van der Waals surface area contributed by atoms with E-state index in [0.717, 1.165) is 32.2 Å². The Morgan fingerprint density at radius 3 is 3.07 bits per heavy atom. The maximum absolute atomic E-state index is 9.59. The molecule has 1 fully saturated rings. The van der Waals surface area contributed by atoms with Gasteiger partial charge >= 0.3 is 0 Å². The van der Waals surface area contributed by atoms with Crippen molar-refractivity contribution in [2.45, 2.75) is 37.8 Å². The van der Waals surface area contributed by atoms with Crippen molar-refractivity contribution < 1.29 is 5.11 Å². The van der Waals surface area contributed by atoms with Crippen LogP contribution in [-0.4, -0.2) is 23.8 Å². The van der Waals surface area contributed by atoms with E-state index in [1.807, 2.05) is 0 Å². The highest BCUT2D eigenvalue weighted by Crippen LogP contribution is 2.18. The van der Waals surface area contributed by atoms with E-state index in [4.69, 9.17) is 0 Å². The van der Waals surface area contributed by atoms with Crippen LogP contribution in [0.15, 0.2) is 16.8 Å². The van der Waals surface area contributed by atoms with Crippen LogP contribution in [0.5, 0.6) is 0 Å². The fraction of sp³-hybridized carbons (Fsp3) is 0.636. The van der Waals surface area contributed by atoms with Gasteiger partial charge < -0.3 is 10.4 Å². The summed E-state index contributed by atoms with van der Waals surface area (Å²) < 4.78 is 0. The lowest BCUT2D eigenvalue weighted by atomic mass is 10.2. The van der Waals surface area contributed by atoms with Crippen LogP contribution in [-0.2, 0) is 6.42 Å². The highest BCUT2D eigenvalue weighted by Gasteiger charge is 2.23. The van der Waals surface area contributed by atoms with E-state index in [0.29, 0.717) is 6.04 Å². The van der Waals surface area contributed by atoms with E-state index < -0.39 is 0 Å². The van der Waals surface area contributed by atoms with E-state index in [2.05, 4.69) is 22.1 Å². The number of rotatable bonds is 4. The third-order valence-electron chi connectivity index (χ3n) is 2.88. The smallest absolute Gasteiger partial charge is 0.0693 e. The first-order valence-corrected chi connectivity index (χ1v) is 6.23. The fourth-order valence-electron chi connectivity index (χ4n) is 2.02. The lowest BCUT2D eigenvalue weighted by Crippen LogP contribution is -2.36. The maximum atomic E-state index is 9.59. The van der Waals surface area contributed by atoms with Crippen molar-refractivity contribution in [1.29, 1.82) is 0 Å². The van der Waals surface area contributed by atoms with Crippen molar-refractivity contribution in [2.75, 3.05) is 6.54 Å². The van der Waals surface area contributed by atoms with Gasteiger partial charge in [-0.25, -0.2) is 0 Å². The van der Waals surface area contributed by atoms with Gasteiger partial charge in [-0.2, -0.15) is 11.3 Å². The maximum Gasteiger partial charge on any atom is 0.0693 e. The van der Waals surface area contributed by atoms with E-state index in [1.165, 1.54) is 5.56 Å². The molecule has 0 radical (unpaired) electrons. The predicted octanol–water partition coefficient (Wildman–Crippen LogP) is 1.79. The number of thiophene rings is 1. The second-order valence-electron chi connectivity index (χ2n) is 3.94. The summed E-state index contributed by atoms with van der Waals surface area (Å²) in [7, 11) is 0. The van der Waals surface area contributed by atoms with Crippen LogP contribution < -0.4 is 5.32 Å². The van der Waals surface area contributed by atoms with Gasteiger partial charge in [0.05, 0.1) is 6.10 Å². The van der Waals surface area contributed by atoms with Gasteiger partial charge in [0.15, 0.2) is 0 Å². The number of hydrogen-bond donors (Lipinski definition) is 2. The van der Waals surface area contributed by atoms with Crippen molar-refractivity contribution in [3.63, 3.8) is 0 Å². The fourth-order valence-corrected chi connectivity index (χ4v) is 2.72. The average Bonchev–Trinajstić information content (AvgIpc) is 2.78. The molecule has 0 amide bonds. The van der Waals surface area contributed by atoms with Crippen molar-refractivity contribution in [3.8, 4) is 0 Å². The average molecular weight is 211 g/mol. The van der Waals surface area contributed by atoms with E-state index >= 15 is 0 Å². The van der Waals surface area contributed by atoms with Gasteiger partial charge in [0.1, 0.15) is 0 Å². The summed E-state index contributed by atoms with van der Waals surface area (Å²) in [5, 5.41) is 17.3. The highest BCUT2D eigenvalue weighted by atomic mass is 32.1. The van der Waals surface area contributed by atoms with Gasteiger partial charge in [-0.15, -0.1) is 0 Å². The molecule has 3 heteroatoms. The monoisotopic (exact) mass is 211 g/mol. The zero-order valence-corrected chi connectivity index (χ0v) is 9.09. The molecule has 1 heterocycles. The Labute approximate surface area is 89.0 Å². The Morgan fingerprint density at radius 1 is 1.50 bits per heavy atom. The Hall–Kier alpha value is -0.380. The molecule has 14 heavy (non-hydrogen) atoms. The molecule has 2 atom stereocenters. The molecule has 0 saturated heterocycles. The first-order chi connectivity index (χ1) is 6.86. The van der Waals surface area contributed by atoms with Crippen LogP contribution in [0.1, 0.15) is 24.8 Å². The number of hydrogen-bond acceptors (Lipinski definition) is 3. The summed E-state index contributed by atoms with van der Waals surface area (Å²) >= 11 is 1.75. The standard InChI is InChI=1S/C11H17NOS/c13-11-3-1-2-10(11)12-6-4-9-5-7-14-8-9/h5,7-8,10-13H,1-4,6H2/t10-,11-/m1/s1. The number of nitrogens with one attached hydrogen (secondary N) is 1. The Kier molecular flexibility index (Phi) is 3.56. The molecular weight excluding hydrogens is 194 g/mol. The molecular formula is C11H17NOS. The van der Waals surface area contributed by atoms with E-state index in [1.54, 1.807) is 11.3 Å². The molecule has 2 nitrogen and oxygen atoms in total. The lowest BCUT2D eigenvalue weighted by molar-refractivity contribution is 0.149. The largest absolute Gasteiger partial charge is 0.392 e. The Bertz CT molecular complexity index is 260. The summed E-state index contributed by atoms with van der Waals surface area (Å²) in [4.78, 5) is 0. The molecule has 78 valence electrons. The minimum atomic E-state index is -0.113. The van der Waals surface area contributed by atoms with Gasteiger partial charge in [0.2, 0.25) is 0 Å². The predicted molar refractivity (Wildman–Crippen MR) is 59.7 cm³/mol. The third-order valence-corrected chi connectivity index (χ3v) is 3.61. The third kappa shape index (κ3) is 2.56. The molecule has 1 aliphatic carbocycles. The Balaban J connectivity index is 1.68. The molecule has 2 rings (SSSR count). The summed E-state index contributed by atoms with van der Waals surface area (Å²) in [6, 6.07) is 2.51. The normalized spacial score (nSPS) is 26.9. The van der Waals surface area contributed by atoms with Crippen LogP contribution in [0.25, 0.3) is 0 Å². The number of aliphatic hydroxyl groups excluding tert-OH is 1. The summed E-state index contributed by atoms with van der Waals surface area (Å²) in [6.45, 7) is 0.985.